The lowest BCUT2D eigenvalue weighted by atomic mass is 10.0. The SMILES string of the molecule is CCCC1CCN(c2cc(C(N)=O)ccc2N)C1. The highest BCUT2D eigenvalue weighted by atomic mass is 16.1. The molecule has 0 aromatic heterocycles. The summed E-state index contributed by atoms with van der Waals surface area (Å²) in [5.74, 6) is 0.340. The zero-order chi connectivity index (χ0) is 13.1. The Balaban J connectivity index is 2.18. The van der Waals surface area contributed by atoms with Crippen molar-refractivity contribution in [2.45, 2.75) is 26.2 Å². The van der Waals surface area contributed by atoms with Gasteiger partial charge in [0.1, 0.15) is 0 Å². The van der Waals surface area contributed by atoms with E-state index in [0.29, 0.717) is 5.56 Å². The van der Waals surface area contributed by atoms with Crippen molar-refractivity contribution in [3.05, 3.63) is 23.8 Å². The number of amides is 1. The molecule has 4 N–H and O–H groups in total. The molecule has 4 heteroatoms. The lowest BCUT2D eigenvalue weighted by molar-refractivity contribution is 0.100. The van der Waals surface area contributed by atoms with Gasteiger partial charge in [-0.3, -0.25) is 4.79 Å². The largest absolute Gasteiger partial charge is 0.397 e. The highest BCUT2D eigenvalue weighted by molar-refractivity contribution is 5.95. The van der Waals surface area contributed by atoms with Crippen molar-refractivity contribution < 1.29 is 4.79 Å². The molecule has 98 valence electrons. The summed E-state index contributed by atoms with van der Waals surface area (Å²) < 4.78 is 0. The van der Waals surface area contributed by atoms with Crippen LogP contribution in [0.5, 0.6) is 0 Å². The van der Waals surface area contributed by atoms with Crippen molar-refractivity contribution in [3.63, 3.8) is 0 Å². The van der Waals surface area contributed by atoms with Crippen LogP contribution in [0.15, 0.2) is 18.2 Å². The van der Waals surface area contributed by atoms with E-state index < -0.39 is 5.91 Å². The van der Waals surface area contributed by atoms with Crippen LogP contribution in [0.4, 0.5) is 11.4 Å². The lowest BCUT2D eigenvalue weighted by Gasteiger charge is -2.21. The molecule has 1 unspecified atom stereocenters. The molecule has 1 aromatic carbocycles. The normalized spacial score (nSPS) is 19.2. The van der Waals surface area contributed by atoms with E-state index in [9.17, 15) is 4.79 Å². The number of primary amides is 1. The molecule has 0 bridgehead atoms. The Morgan fingerprint density at radius 3 is 2.94 bits per heavy atom. The standard InChI is InChI=1S/C14H21N3O/c1-2-3-10-6-7-17(9-10)13-8-11(14(16)18)4-5-12(13)15/h4-5,8,10H,2-3,6-7,9,15H2,1H3,(H2,16,18). The van der Waals surface area contributed by atoms with E-state index >= 15 is 0 Å². The van der Waals surface area contributed by atoms with Crippen LogP contribution in [0.25, 0.3) is 0 Å². The second-order valence-corrected chi connectivity index (χ2v) is 5.03. The van der Waals surface area contributed by atoms with Gasteiger partial charge in [0.2, 0.25) is 5.91 Å². The summed E-state index contributed by atoms with van der Waals surface area (Å²) >= 11 is 0. The maximum atomic E-state index is 11.2. The van der Waals surface area contributed by atoms with E-state index in [-0.39, 0.29) is 0 Å². The number of anilines is 2. The number of rotatable bonds is 4. The van der Waals surface area contributed by atoms with Gasteiger partial charge in [-0.2, -0.15) is 0 Å². The Labute approximate surface area is 108 Å². The van der Waals surface area contributed by atoms with Crippen molar-refractivity contribution in [1.82, 2.24) is 0 Å². The number of benzene rings is 1. The van der Waals surface area contributed by atoms with Crippen LogP contribution in [-0.2, 0) is 0 Å². The minimum absolute atomic E-state index is 0.402. The molecule has 18 heavy (non-hydrogen) atoms. The van der Waals surface area contributed by atoms with Crippen LogP contribution >= 0.6 is 0 Å². The van der Waals surface area contributed by atoms with Gasteiger partial charge in [-0.05, 0) is 37.0 Å². The lowest BCUT2D eigenvalue weighted by Crippen LogP contribution is -2.22. The summed E-state index contributed by atoms with van der Waals surface area (Å²) in [5.41, 5.74) is 13.5. The fourth-order valence-electron chi connectivity index (χ4n) is 2.67. The number of hydrogen-bond acceptors (Lipinski definition) is 3. The quantitative estimate of drug-likeness (QED) is 0.799. The number of carbonyl (C=O) groups excluding carboxylic acids is 1. The molecule has 0 radical (unpaired) electrons. The minimum Gasteiger partial charge on any atom is -0.397 e. The van der Waals surface area contributed by atoms with Gasteiger partial charge in [0, 0.05) is 18.7 Å². The van der Waals surface area contributed by atoms with Gasteiger partial charge in [0.15, 0.2) is 0 Å². The maximum Gasteiger partial charge on any atom is 0.248 e. The summed E-state index contributed by atoms with van der Waals surface area (Å²) in [7, 11) is 0. The van der Waals surface area contributed by atoms with E-state index in [1.165, 1.54) is 19.3 Å². The first-order valence-corrected chi connectivity index (χ1v) is 6.56. The summed E-state index contributed by atoms with van der Waals surface area (Å²) in [4.78, 5) is 13.5. The van der Waals surface area contributed by atoms with Gasteiger partial charge in [-0.1, -0.05) is 13.3 Å². The topological polar surface area (TPSA) is 72.3 Å². The molecule has 1 fully saturated rings. The number of nitrogen functional groups attached to an aromatic ring is 1. The van der Waals surface area contributed by atoms with Gasteiger partial charge in [0.05, 0.1) is 11.4 Å². The first-order valence-electron chi connectivity index (χ1n) is 6.56. The van der Waals surface area contributed by atoms with Crippen molar-refractivity contribution in [3.8, 4) is 0 Å². The molecule has 1 aromatic rings. The van der Waals surface area contributed by atoms with Gasteiger partial charge in [-0.25, -0.2) is 0 Å². The fraction of sp³-hybridized carbons (Fsp3) is 0.500. The third-order valence-corrected chi connectivity index (χ3v) is 3.64. The van der Waals surface area contributed by atoms with Gasteiger partial charge >= 0.3 is 0 Å². The van der Waals surface area contributed by atoms with Gasteiger partial charge in [0.25, 0.3) is 0 Å². The molecule has 1 saturated heterocycles. The molecule has 0 aliphatic carbocycles. The first-order chi connectivity index (χ1) is 8.61. The van der Waals surface area contributed by atoms with Crippen LogP contribution in [0.1, 0.15) is 36.5 Å². The summed E-state index contributed by atoms with van der Waals surface area (Å²) in [6.45, 7) is 4.25. The van der Waals surface area contributed by atoms with E-state index in [4.69, 9.17) is 11.5 Å². The van der Waals surface area contributed by atoms with Crippen LogP contribution in [0.2, 0.25) is 0 Å². The monoisotopic (exact) mass is 247 g/mol. The van der Waals surface area contributed by atoms with Crippen molar-refractivity contribution in [2.75, 3.05) is 23.7 Å². The van der Waals surface area contributed by atoms with E-state index in [0.717, 1.165) is 30.4 Å². The second-order valence-electron chi connectivity index (χ2n) is 5.03. The summed E-state index contributed by atoms with van der Waals surface area (Å²) in [5, 5.41) is 0. The third kappa shape index (κ3) is 2.58. The molecule has 1 heterocycles. The molecule has 0 saturated carbocycles. The Morgan fingerprint density at radius 1 is 1.50 bits per heavy atom. The van der Waals surface area contributed by atoms with E-state index in [1.54, 1.807) is 12.1 Å². The predicted molar refractivity (Wildman–Crippen MR) is 74.6 cm³/mol. The van der Waals surface area contributed by atoms with Crippen molar-refractivity contribution >= 4 is 17.3 Å². The van der Waals surface area contributed by atoms with Gasteiger partial charge in [-0.15, -0.1) is 0 Å². The molecule has 4 nitrogen and oxygen atoms in total. The molecule has 1 amide bonds. The maximum absolute atomic E-state index is 11.2. The molecular weight excluding hydrogens is 226 g/mol. The zero-order valence-electron chi connectivity index (χ0n) is 10.9. The Kier molecular flexibility index (Phi) is 3.75. The molecule has 0 spiro atoms. The molecule has 1 aliphatic heterocycles. The average molecular weight is 247 g/mol. The Bertz CT molecular complexity index is 445. The average Bonchev–Trinajstić information content (AvgIpc) is 2.78. The first kappa shape index (κ1) is 12.7. The van der Waals surface area contributed by atoms with Crippen molar-refractivity contribution in [2.24, 2.45) is 11.7 Å². The number of nitrogens with zero attached hydrogens (tertiary/aromatic N) is 1. The molecular formula is C14H21N3O. The number of hydrogen-bond donors (Lipinski definition) is 2. The van der Waals surface area contributed by atoms with Crippen LogP contribution < -0.4 is 16.4 Å². The van der Waals surface area contributed by atoms with Crippen LogP contribution in [0, 0.1) is 5.92 Å². The van der Waals surface area contributed by atoms with Crippen LogP contribution in [-0.4, -0.2) is 19.0 Å². The van der Waals surface area contributed by atoms with E-state index in [2.05, 4.69) is 11.8 Å². The fourth-order valence-corrected chi connectivity index (χ4v) is 2.67. The zero-order valence-corrected chi connectivity index (χ0v) is 10.9. The predicted octanol–water partition coefficient (Wildman–Crippen LogP) is 1.99. The second kappa shape index (κ2) is 5.29. The Hall–Kier alpha value is -1.71. The smallest absolute Gasteiger partial charge is 0.248 e. The summed E-state index contributed by atoms with van der Waals surface area (Å²) in [6.07, 6.45) is 3.68. The van der Waals surface area contributed by atoms with Gasteiger partial charge < -0.3 is 16.4 Å². The molecule has 1 aliphatic rings. The van der Waals surface area contributed by atoms with E-state index in [1.807, 2.05) is 6.07 Å². The number of carbonyl (C=O) groups is 1. The highest BCUT2D eigenvalue weighted by Gasteiger charge is 2.23. The Morgan fingerprint density at radius 2 is 2.28 bits per heavy atom. The minimum atomic E-state index is -0.402. The van der Waals surface area contributed by atoms with Crippen LogP contribution in [0.3, 0.4) is 0 Å². The number of nitrogens with two attached hydrogens (primary N) is 2. The molecule has 2 rings (SSSR count). The van der Waals surface area contributed by atoms with Crippen molar-refractivity contribution in [1.29, 1.82) is 0 Å². The third-order valence-electron chi connectivity index (χ3n) is 3.64. The molecule has 1 atom stereocenters. The highest BCUT2D eigenvalue weighted by Crippen LogP contribution is 2.31. The summed E-state index contributed by atoms with van der Waals surface area (Å²) in [6, 6.07) is 5.26.